The fourth-order valence-corrected chi connectivity index (χ4v) is 20.3. The SMILES string of the molecule is CC1OC(OC2C(CO)OC(OC3C(CO)OC(OC(=O)C45CCC(C)(C)CC4C4=CCC6C7(C)CCC(OC8OCC(O)C(O)C8OC8OC(C)C(O)C(OC9OCC(OC%10OC(CO)C(O)C(O)C%10O)C(O)C9O)C8O)C(C)(CO)C7CCC6(C)C4(C)CC5)C(O)C3O)C(O)C2O)C(O)C(O)C1O. The molecule has 12 aliphatic rings. The summed E-state index contributed by atoms with van der Waals surface area (Å²) in [5.41, 5.74) is -2.45. The first-order chi connectivity index (χ1) is 49.4. The summed E-state index contributed by atoms with van der Waals surface area (Å²) in [4.78, 5) is 15.4. The van der Waals surface area contributed by atoms with Crippen LogP contribution in [0.25, 0.3) is 0 Å². The summed E-state index contributed by atoms with van der Waals surface area (Å²) >= 11 is 0. The van der Waals surface area contributed by atoms with Gasteiger partial charge < -0.3 is 168 Å². The molecule has 0 aromatic heterocycles. The van der Waals surface area contributed by atoms with Crippen LogP contribution in [-0.2, 0) is 71.1 Å². The van der Waals surface area contributed by atoms with Crippen molar-refractivity contribution in [3.63, 3.8) is 0 Å². The summed E-state index contributed by atoms with van der Waals surface area (Å²) in [7, 11) is 0. The molecular formula is C70H114O35. The Hall–Kier alpha value is -2.11. The molecule has 7 aliphatic heterocycles. The van der Waals surface area contributed by atoms with Crippen molar-refractivity contribution in [3.05, 3.63) is 11.6 Å². The summed E-state index contributed by atoms with van der Waals surface area (Å²) in [5.74, 6) is -1.13. The second-order valence-electron chi connectivity index (χ2n) is 33.6. The van der Waals surface area contributed by atoms with E-state index in [4.69, 9.17) is 66.3 Å². The van der Waals surface area contributed by atoms with E-state index >= 15 is 4.79 Å². The number of aliphatic hydroxyl groups is 20. The van der Waals surface area contributed by atoms with E-state index in [0.29, 0.717) is 64.2 Å². The zero-order valence-electron chi connectivity index (χ0n) is 60.3. The van der Waals surface area contributed by atoms with Gasteiger partial charge in [-0.3, -0.25) is 4.79 Å². The van der Waals surface area contributed by atoms with Crippen LogP contribution in [0.2, 0.25) is 0 Å². The van der Waals surface area contributed by atoms with Crippen LogP contribution in [0.15, 0.2) is 11.6 Å². The van der Waals surface area contributed by atoms with Crippen molar-refractivity contribution in [1.29, 1.82) is 0 Å². The molecule has 4 saturated carbocycles. The molecule has 0 radical (unpaired) electrons. The van der Waals surface area contributed by atoms with E-state index < -0.39 is 270 Å². The van der Waals surface area contributed by atoms with Crippen LogP contribution in [0.1, 0.15) is 120 Å². The quantitative estimate of drug-likeness (QED) is 0.0345. The third kappa shape index (κ3) is 14.4. The summed E-state index contributed by atoms with van der Waals surface area (Å²) in [6.45, 7) is 12.3. The molecule has 35 heteroatoms. The van der Waals surface area contributed by atoms with Gasteiger partial charge in [0.05, 0.1) is 63.4 Å². The third-order valence-corrected chi connectivity index (χ3v) is 27.1. The highest BCUT2D eigenvalue weighted by molar-refractivity contribution is 5.79. The van der Waals surface area contributed by atoms with Gasteiger partial charge in [-0.2, -0.15) is 0 Å². The normalized spacial score (nSPS) is 55.2. The van der Waals surface area contributed by atoms with Crippen molar-refractivity contribution in [1.82, 2.24) is 0 Å². The molecule has 105 heavy (non-hydrogen) atoms. The Morgan fingerprint density at radius 2 is 0.962 bits per heavy atom. The number of hydrogen-bond acceptors (Lipinski definition) is 35. The van der Waals surface area contributed by atoms with Gasteiger partial charge in [-0.05, 0) is 117 Å². The first-order valence-electron chi connectivity index (χ1n) is 37.1. The Kier molecular flexibility index (Phi) is 24.6. The van der Waals surface area contributed by atoms with Crippen LogP contribution >= 0.6 is 0 Å². The van der Waals surface area contributed by atoms with Gasteiger partial charge in [0.1, 0.15) is 146 Å². The molecule has 0 aromatic carbocycles. The largest absolute Gasteiger partial charge is 0.432 e. The molecule has 20 N–H and O–H groups in total. The number of carbonyl (C=O) groups is 1. The van der Waals surface area contributed by atoms with Gasteiger partial charge in [0.2, 0.25) is 6.29 Å². The lowest BCUT2D eigenvalue weighted by atomic mass is 9.33. The van der Waals surface area contributed by atoms with E-state index in [9.17, 15) is 102 Å². The first-order valence-corrected chi connectivity index (χ1v) is 37.1. The summed E-state index contributed by atoms with van der Waals surface area (Å²) in [6, 6.07) is 0. The van der Waals surface area contributed by atoms with Gasteiger partial charge in [0.25, 0.3) is 0 Å². The molecule has 0 bridgehead atoms. The Labute approximate surface area is 607 Å². The van der Waals surface area contributed by atoms with E-state index in [1.165, 1.54) is 13.8 Å². The monoisotopic (exact) mass is 1510 g/mol. The maximum absolute atomic E-state index is 15.4. The maximum Gasteiger partial charge on any atom is 0.315 e. The van der Waals surface area contributed by atoms with Gasteiger partial charge in [-0.1, -0.05) is 53.2 Å². The zero-order valence-corrected chi connectivity index (χ0v) is 60.3. The average Bonchev–Trinajstić information content (AvgIpc) is 0.674. The minimum absolute atomic E-state index is 0.0388. The lowest BCUT2D eigenvalue weighted by Gasteiger charge is -2.71. The van der Waals surface area contributed by atoms with Crippen molar-refractivity contribution < 1.29 is 173 Å². The van der Waals surface area contributed by atoms with Crippen molar-refractivity contribution in [3.8, 4) is 0 Å². The number of ether oxygens (including phenoxy) is 14. The smallest absolute Gasteiger partial charge is 0.315 e. The highest BCUT2D eigenvalue weighted by atomic mass is 16.8. The van der Waals surface area contributed by atoms with Crippen molar-refractivity contribution in [2.75, 3.05) is 39.6 Å². The van der Waals surface area contributed by atoms with Gasteiger partial charge in [0.15, 0.2) is 37.7 Å². The Morgan fingerprint density at radius 3 is 1.59 bits per heavy atom. The first kappa shape index (κ1) is 82.4. The lowest BCUT2D eigenvalue weighted by Crippen LogP contribution is -2.67. The molecule has 11 fully saturated rings. The topological polar surface area (TPSA) is 551 Å². The van der Waals surface area contributed by atoms with Gasteiger partial charge in [-0.15, -0.1) is 0 Å². The predicted octanol–water partition coefficient (Wildman–Crippen LogP) is -6.26. The maximum atomic E-state index is 15.4. The number of rotatable bonds is 18. The van der Waals surface area contributed by atoms with Gasteiger partial charge in [-0.25, -0.2) is 0 Å². The van der Waals surface area contributed by atoms with Gasteiger partial charge in [0, 0.05) is 5.41 Å². The molecule has 12 rings (SSSR count). The number of carbonyl (C=O) groups excluding carboxylic acids is 1. The minimum Gasteiger partial charge on any atom is -0.432 e. The molecule has 42 atom stereocenters. The Balaban J connectivity index is 0.705. The lowest BCUT2D eigenvalue weighted by molar-refractivity contribution is -0.383. The average molecular weight is 1520 g/mol. The molecule has 604 valence electrons. The van der Waals surface area contributed by atoms with Crippen LogP contribution in [-0.4, -0.2) is 357 Å². The molecule has 42 unspecified atom stereocenters. The molecule has 0 aromatic rings. The van der Waals surface area contributed by atoms with E-state index in [1.54, 1.807) is 0 Å². The van der Waals surface area contributed by atoms with Crippen LogP contribution in [0.5, 0.6) is 0 Å². The van der Waals surface area contributed by atoms with Crippen LogP contribution < -0.4 is 0 Å². The highest BCUT2D eigenvalue weighted by Crippen LogP contribution is 2.76. The molecule has 35 nitrogen and oxygen atoms in total. The summed E-state index contributed by atoms with van der Waals surface area (Å²) in [5, 5.41) is 219. The number of aliphatic hydroxyl groups excluding tert-OH is 20. The number of hydrogen-bond donors (Lipinski definition) is 20. The Morgan fingerprint density at radius 1 is 0.448 bits per heavy atom. The van der Waals surface area contributed by atoms with Crippen LogP contribution in [0.3, 0.4) is 0 Å². The molecule has 5 aliphatic carbocycles. The standard InChI is InChI=1S/C70H114O35/c1-26-38(76)43(81)48(86)58(94-26)101-53-32(21-72)97-60(50(88)45(53)83)102-54-33(22-73)98-61(51(89)46(54)84)105-64(91)70-17-15-65(3,4)19-29(70)28-9-10-36-66(5)13-12-37(67(6,25-74)35(66)11-14-69(36,8)68(28,7)16-18-70)100-63-56(40(78)30(75)23-92-63)104-62-52(90)55(39(77)27(2)95-62)103-57-47(85)42(80)34(24-93-57)99-59-49(87)44(82)41(79)31(20-71)96-59/h9,26-27,29-63,71-90H,10-25H2,1-8H3. The van der Waals surface area contributed by atoms with Crippen molar-refractivity contribution >= 4 is 5.97 Å². The second-order valence-corrected chi connectivity index (χ2v) is 33.6. The zero-order chi connectivity index (χ0) is 76.4. The minimum atomic E-state index is -2.00. The van der Waals surface area contributed by atoms with E-state index in [2.05, 4.69) is 40.7 Å². The van der Waals surface area contributed by atoms with Crippen molar-refractivity contribution in [2.45, 2.75) is 328 Å². The number of allylic oxidation sites excluding steroid dienone is 2. The molecule has 7 heterocycles. The highest BCUT2D eigenvalue weighted by Gasteiger charge is 2.71. The second kappa shape index (κ2) is 31.3. The summed E-state index contributed by atoms with van der Waals surface area (Å²) < 4.78 is 83.1. The fourth-order valence-electron chi connectivity index (χ4n) is 20.3. The molecule has 7 saturated heterocycles. The molecule has 0 amide bonds. The Bertz CT molecular complexity index is 2970. The molecule has 0 spiro atoms. The van der Waals surface area contributed by atoms with Crippen molar-refractivity contribution in [2.24, 2.45) is 50.2 Å². The fraction of sp³-hybridized carbons (Fsp3) is 0.957. The van der Waals surface area contributed by atoms with E-state index in [0.717, 1.165) is 5.57 Å². The third-order valence-electron chi connectivity index (χ3n) is 27.1. The predicted molar refractivity (Wildman–Crippen MR) is 347 cm³/mol. The summed E-state index contributed by atoms with van der Waals surface area (Å²) in [6.07, 6.45) is -48.1. The molecular weight excluding hydrogens is 1400 g/mol. The van der Waals surface area contributed by atoms with Crippen LogP contribution in [0, 0.1) is 50.2 Å². The van der Waals surface area contributed by atoms with Gasteiger partial charge >= 0.3 is 5.97 Å². The number of esters is 1. The van der Waals surface area contributed by atoms with E-state index in [-0.39, 0.29) is 35.2 Å². The van der Waals surface area contributed by atoms with E-state index in [1.807, 2.05) is 6.92 Å². The van der Waals surface area contributed by atoms with Crippen LogP contribution in [0.4, 0.5) is 0 Å². The number of fused-ring (bicyclic) bond motifs is 7.